The predicted molar refractivity (Wildman–Crippen MR) is 67.2 cm³/mol. The number of furan rings is 1. The van der Waals surface area contributed by atoms with Gasteiger partial charge in [0.2, 0.25) is 0 Å². The maximum Gasteiger partial charge on any atom is 0.105 e. The van der Waals surface area contributed by atoms with Gasteiger partial charge in [-0.3, -0.25) is 0 Å². The van der Waals surface area contributed by atoms with Crippen molar-refractivity contribution >= 4 is 0 Å². The minimum atomic E-state index is 0.215. The zero-order valence-corrected chi connectivity index (χ0v) is 10.9. The van der Waals surface area contributed by atoms with Gasteiger partial charge in [-0.1, -0.05) is 13.8 Å². The molecular formula is C13H24N2O. The van der Waals surface area contributed by atoms with E-state index in [-0.39, 0.29) is 5.41 Å². The molecule has 1 aromatic heterocycles. The third kappa shape index (κ3) is 3.35. The van der Waals surface area contributed by atoms with Gasteiger partial charge in [0.15, 0.2) is 0 Å². The molecule has 0 fully saturated rings. The van der Waals surface area contributed by atoms with Gasteiger partial charge in [-0.25, -0.2) is 0 Å². The van der Waals surface area contributed by atoms with Crippen LogP contribution in [0.15, 0.2) is 16.7 Å². The molecule has 0 radical (unpaired) electrons. The van der Waals surface area contributed by atoms with Crippen molar-refractivity contribution in [2.75, 3.05) is 20.1 Å². The summed E-state index contributed by atoms with van der Waals surface area (Å²) in [4.78, 5) is 2.31. The van der Waals surface area contributed by atoms with Crippen molar-refractivity contribution in [3.8, 4) is 0 Å². The van der Waals surface area contributed by atoms with Crippen molar-refractivity contribution in [2.24, 2.45) is 11.1 Å². The van der Waals surface area contributed by atoms with Gasteiger partial charge in [0.25, 0.3) is 0 Å². The van der Waals surface area contributed by atoms with Crippen molar-refractivity contribution in [3.63, 3.8) is 0 Å². The van der Waals surface area contributed by atoms with Crippen LogP contribution in [0.3, 0.4) is 0 Å². The van der Waals surface area contributed by atoms with Gasteiger partial charge in [0.05, 0.1) is 6.26 Å². The van der Waals surface area contributed by atoms with Gasteiger partial charge >= 0.3 is 0 Å². The van der Waals surface area contributed by atoms with Crippen LogP contribution in [0.25, 0.3) is 0 Å². The minimum Gasteiger partial charge on any atom is -0.469 e. The lowest BCUT2D eigenvalue weighted by molar-refractivity contribution is 0.186. The number of hydrogen-bond donors (Lipinski definition) is 1. The fourth-order valence-electron chi connectivity index (χ4n) is 1.89. The molecule has 1 atom stereocenters. The Labute approximate surface area is 98.6 Å². The van der Waals surface area contributed by atoms with E-state index in [0.29, 0.717) is 0 Å². The Kier molecular flexibility index (Phi) is 4.56. The van der Waals surface area contributed by atoms with Crippen molar-refractivity contribution in [2.45, 2.75) is 33.7 Å². The summed E-state index contributed by atoms with van der Waals surface area (Å²) in [5, 5.41) is 0. The molecule has 0 saturated heterocycles. The summed E-state index contributed by atoms with van der Waals surface area (Å²) in [5.41, 5.74) is 7.30. The second-order valence-electron chi connectivity index (χ2n) is 5.04. The first-order valence-electron chi connectivity index (χ1n) is 5.92. The number of rotatable bonds is 6. The zero-order valence-electron chi connectivity index (χ0n) is 10.9. The third-order valence-electron chi connectivity index (χ3n) is 3.40. The van der Waals surface area contributed by atoms with Crippen molar-refractivity contribution in [1.82, 2.24) is 4.90 Å². The van der Waals surface area contributed by atoms with E-state index in [9.17, 15) is 0 Å². The lowest BCUT2D eigenvalue weighted by Gasteiger charge is -2.31. The highest BCUT2D eigenvalue weighted by molar-refractivity contribution is 5.15. The highest BCUT2D eigenvalue weighted by Crippen LogP contribution is 2.21. The molecule has 0 aromatic carbocycles. The van der Waals surface area contributed by atoms with Crippen LogP contribution < -0.4 is 5.73 Å². The summed E-state index contributed by atoms with van der Waals surface area (Å²) < 4.78 is 5.30. The normalized spacial score (nSPS) is 15.4. The molecule has 0 saturated carbocycles. The first-order valence-corrected chi connectivity index (χ1v) is 5.92. The highest BCUT2D eigenvalue weighted by Gasteiger charge is 2.22. The van der Waals surface area contributed by atoms with E-state index >= 15 is 0 Å². The molecule has 1 heterocycles. The number of nitrogens with zero attached hydrogens (tertiary/aromatic N) is 1. The molecule has 0 bridgehead atoms. The number of aryl methyl sites for hydroxylation is 1. The van der Waals surface area contributed by atoms with Crippen molar-refractivity contribution in [1.29, 1.82) is 0 Å². The molecule has 0 aliphatic carbocycles. The first kappa shape index (κ1) is 13.3. The van der Waals surface area contributed by atoms with Crippen LogP contribution in [0.2, 0.25) is 0 Å². The van der Waals surface area contributed by atoms with Gasteiger partial charge in [0, 0.05) is 18.7 Å². The zero-order chi connectivity index (χ0) is 12.2. The Balaban J connectivity index is 2.53. The van der Waals surface area contributed by atoms with Gasteiger partial charge in [0.1, 0.15) is 5.76 Å². The maximum atomic E-state index is 5.82. The quantitative estimate of drug-likeness (QED) is 0.806. The monoisotopic (exact) mass is 224 g/mol. The molecule has 1 rings (SSSR count). The molecule has 3 heteroatoms. The SMILES string of the molecule is CCC(C)(CN)CN(C)Cc1ccoc1C. The molecule has 1 unspecified atom stereocenters. The second kappa shape index (κ2) is 5.51. The molecular weight excluding hydrogens is 200 g/mol. The van der Waals surface area contributed by atoms with E-state index in [2.05, 4.69) is 25.8 Å². The van der Waals surface area contributed by atoms with Crippen LogP contribution in [-0.4, -0.2) is 25.0 Å². The summed E-state index contributed by atoms with van der Waals surface area (Å²) in [6, 6.07) is 2.04. The standard InChI is InChI=1S/C13H24N2O/c1-5-13(3,9-14)10-15(4)8-12-6-7-16-11(12)2/h6-7H,5,8-10,14H2,1-4H3. The number of hydrogen-bond acceptors (Lipinski definition) is 3. The topological polar surface area (TPSA) is 42.4 Å². The molecule has 0 spiro atoms. The molecule has 92 valence electrons. The second-order valence-corrected chi connectivity index (χ2v) is 5.04. The van der Waals surface area contributed by atoms with Crippen molar-refractivity contribution < 1.29 is 4.42 Å². The summed E-state index contributed by atoms with van der Waals surface area (Å²) >= 11 is 0. The fourth-order valence-corrected chi connectivity index (χ4v) is 1.89. The molecule has 2 N–H and O–H groups in total. The maximum absolute atomic E-state index is 5.82. The van der Waals surface area contributed by atoms with Gasteiger partial charge in [-0.05, 0) is 38.4 Å². The Morgan fingerprint density at radius 3 is 2.62 bits per heavy atom. The third-order valence-corrected chi connectivity index (χ3v) is 3.40. The average molecular weight is 224 g/mol. The van der Waals surface area contributed by atoms with E-state index in [1.165, 1.54) is 5.56 Å². The molecule has 1 aromatic rings. The van der Waals surface area contributed by atoms with E-state index < -0.39 is 0 Å². The summed E-state index contributed by atoms with van der Waals surface area (Å²) in [5.74, 6) is 1.01. The molecule has 3 nitrogen and oxygen atoms in total. The fraction of sp³-hybridized carbons (Fsp3) is 0.692. The highest BCUT2D eigenvalue weighted by atomic mass is 16.3. The van der Waals surface area contributed by atoms with E-state index in [1.807, 2.05) is 13.0 Å². The lowest BCUT2D eigenvalue weighted by atomic mass is 9.87. The van der Waals surface area contributed by atoms with E-state index in [1.54, 1.807) is 6.26 Å². The average Bonchev–Trinajstić information content (AvgIpc) is 2.64. The van der Waals surface area contributed by atoms with Gasteiger partial charge in [-0.2, -0.15) is 0 Å². The summed E-state index contributed by atoms with van der Waals surface area (Å²) in [6.07, 6.45) is 2.86. The lowest BCUT2D eigenvalue weighted by Crippen LogP contribution is -2.38. The largest absolute Gasteiger partial charge is 0.469 e. The van der Waals surface area contributed by atoms with Crippen LogP contribution in [0.1, 0.15) is 31.6 Å². The molecule has 0 aliphatic rings. The van der Waals surface area contributed by atoms with Crippen LogP contribution >= 0.6 is 0 Å². The van der Waals surface area contributed by atoms with Crippen molar-refractivity contribution in [3.05, 3.63) is 23.7 Å². The van der Waals surface area contributed by atoms with E-state index in [4.69, 9.17) is 10.2 Å². The molecule has 0 amide bonds. The first-order chi connectivity index (χ1) is 7.50. The smallest absolute Gasteiger partial charge is 0.105 e. The number of nitrogens with two attached hydrogens (primary N) is 1. The Bertz CT molecular complexity index is 315. The minimum absolute atomic E-state index is 0.215. The van der Waals surface area contributed by atoms with Crippen LogP contribution in [0, 0.1) is 12.3 Å². The Morgan fingerprint density at radius 2 is 2.19 bits per heavy atom. The van der Waals surface area contributed by atoms with E-state index in [0.717, 1.165) is 31.8 Å². The Hall–Kier alpha value is -0.800. The Morgan fingerprint density at radius 1 is 1.50 bits per heavy atom. The summed E-state index contributed by atoms with van der Waals surface area (Å²) in [7, 11) is 2.13. The molecule has 16 heavy (non-hydrogen) atoms. The van der Waals surface area contributed by atoms with Crippen LogP contribution in [0.4, 0.5) is 0 Å². The predicted octanol–water partition coefficient (Wildman–Crippen LogP) is 2.39. The van der Waals surface area contributed by atoms with Gasteiger partial charge < -0.3 is 15.1 Å². The molecule has 0 aliphatic heterocycles. The van der Waals surface area contributed by atoms with Crippen LogP contribution in [-0.2, 0) is 6.54 Å². The van der Waals surface area contributed by atoms with Crippen LogP contribution in [0.5, 0.6) is 0 Å². The van der Waals surface area contributed by atoms with Gasteiger partial charge in [-0.15, -0.1) is 0 Å². The summed E-state index contributed by atoms with van der Waals surface area (Å²) in [6.45, 7) is 9.13.